The average Bonchev–Trinajstić information content (AvgIpc) is 3.06. The normalized spacial score (nSPS) is 20.9. The van der Waals surface area contributed by atoms with Gasteiger partial charge in [-0.2, -0.15) is 0 Å². The quantitative estimate of drug-likeness (QED) is 0.585. The van der Waals surface area contributed by atoms with Gasteiger partial charge in [0.15, 0.2) is 0 Å². The van der Waals surface area contributed by atoms with Crippen LogP contribution in [0.4, 0.5) is 10.6 Å². The molecule has 3 rings (SSSR count). The molecule has 1 saturated heterocycles. The summed E-state index contributed by atoms with van der Waals surface area (Å²) in [7, 11) is 0. The molecule has 2 aliphatic rings. The summed E-state index contributed by atoms with van der Waals surface area (Å²) in [5, 5.41) is 16.1. The molecule has 1 aromatic heterocycles. The number of nitro groups is 1. The van der Waals surface area contributed by atoms with Crippen molar-refractivity contribution in [3.63, 3.8) is 0 Å². The van der Waals surface area contributed by atoms with Crippen LogP contribution in [0.25, 0.3) is 5.70 Å². The van der Waals surface area contributed by atoms with Crippen LogP contribution in [-0.4, -0.2) is 44.4 Å². The van der Waals surface area contributed by atoms with Gasteiger partial charge >= 0.3 is 11.9 Å². The summed E-state index contributed by atoms with van der Waals surface area (Å²) in [6.07, 6.45) is 6.38. The summed E-state index contributed by atoms with van der Waals surface area (Å²) in [6, 6.07) is 0. The van der Waals surface area contributed by atoms with Crippen LogP contribution in [0.2, 0.25) is 0 Å². The second-order valence-corrected chi connectivity index (χ2v) is 7.77. The van der Waals surface area contributed by atoms with Crippen LogP contribution in [0.5, 0.6) is 0 Å². The fourth-order valence-corrected chi connectivity index (χ4v) is 3.33. The van der Waals surface area contributed by atoms with E-state index in [1.54, 1.807) is 20.8 Å². The zero-order chi connectivity index (χ0) is 19.6. The van der Waals surface area contributed by atoms with Crippen LogP contribution >= 0.6 is 0 Å². The van der Waals surface area contributed by atoms with Gasteiger partial charge in [-0.3, -0.25) is 4.90 Å². The zero-order valence-corrected chi connectivity index (χ0v) is 16.0. The maximum atomic E-state index is 12.6. The molecule has 0 aliphatic carbocycles. The van der Waals surface area contributed by atoms with Gasteiger partial charge in [0.25, 0.3) is 0 Å². The van der Waals surface area contributed by atoms with Gasteiger partial charge in [-0.1, -0.05) is 11.2 Å². The van der Waals surface area contributed by atoms with Gasteiger partial charge in [-0.05, 0) is 51.4 Å². The van der Waals surface area contributed by atoms with Crippen molar-refractivity contribution in [3.05, 3.63) is 28.0 Å². The molecule has 3 heterocycles. The highest BCUT2D eigenvalue weighted by Crippen LogP contribution is 2.35. The number of hydrogen-bond acceptors (Lipinski definition) is 6. The fraction of sp³-hybridized carbons (Fsp3) is 0.667. The second kappa shape index (κ2) is 7.67. The van der Waals surface area contributed by atoms with E-state index in [2.05, 4.69) is 5.10 Å². The van der Waals surface area contributed by atoms with E-state index in [9.17, 15) is 14.9 Å². The van der Waals surface area contributed by atoms with Crippen molar-refractivity contribution < 1.29 is 19.2 Å². The van der Waals surface area contributed by atoms with E-state index in [0.29, 0.717) is 30.8 Å². The summed E-state index contributed by atoms with van der Waals surface area (Å²) in [4.78, 5) is 25.5. The van der Waals surface area contributed by atoms with Crippen molar-refractivity contribution in [2.45, 2.75) is 64.7 Å². The number of nitrogens with zero attached hydrogens (tertiary/aromatic N) is 4. The Morgan fingerprint density at radius 1 is 1.37 bits per heavy atom. The molecule has 1 aromatic rings. The van der Waals surface area contributed by atoms with Gasteiger partial charge in [-0.15, -0.1) is 4.68 Å². The molecule has 27 heavy (non-hydrogen) atoms. The van der Waals surface area contributed by atoms with Crippen LogP contribution in [0.15, 0.2) is 12.3 Å². The number of carbonyl (C=O) groups excluding carboxylic acids is 1. The minimum absolute atomic E-state index is 0.149. The summed E-state index contributed by atoms with van der Waals surface area (Å²) < 4.78 is 12.5. The lowest BCUT2D eigenvalue weighted by atomic mass is 10.1. The molecular weight excluding hydrogens is 352 g/mol. The molecule has 1 unspecified atom stereocenters. The van der Waals surface area contributed by atoms with E-state index in [-0.39, 0.29) is 5.82 Å². The molecule has 148 valence electrons. The number of aromatic nitrogens is 2. The molecule has 0 spiro atoms. The summed E-state index contributed by atoms with van der Waals surface area (Å²) in [5.41, 5.74) is 0.148. The molecule has 0 aromatic carbocycles. The highest BCUT2D eigenvalue weighted by Gasteiger charge is 2.36. The molecule has 0 saturated carbocycles. The summed E-state index contributed by atoms with van der Waals surface area (Å²) in [5.74, 6) is -0.149. The van der Waals surface area contributed by atoms with Gasteiger partial charge in [0.2, 0.25) is 6.23 Å². The number of amides is 1. The third kappa shape index (κ3) is 4.29. The third-order valence-electron chi connectivity index (χ3n) is 4.47. The van der Waals surface area contributed by atoms with E-state index >= 15 is 0 Å². The van der Waals surface area contributed by atoms with Gasteiger partial charge in [-0.25, -0.2) is 4.79 Å². The Hall–Kier alpha value is -2.42. The maximum absolute atomic E-state index is 12.6. The van der Waals surface area contributed by atoms with Crippen molar-refractivity contribution in [2.24, 2.45) is 0 Å². The Balaban J connectivity index is 1.95. The van der Waals surface area contributed by atoms with E-state index in [1.165, 1.54) is 15.8 Å². The average molecular weight is 378 g/mol. The Morgan fingerprint density at radius 3 is 2.78 bits per heavy atom. The Morgan fingerprint density at radius 2 is 2.15 bits per heavy atom. The van der Waals surface area contributed by atoms with Crippen LogP contribution in [-0.2, 0) is 9.47 Å². The third-order valence-corrected chi connectivity index (χ3v) is 4.47. The smallest absolute Gasteiger partial charge is 0.414 e. The first-order valence-corrected chi connectivity index (χ1v) is 9.32. The molecule has 0 radical (unpaired) electrons. The van der Waals surface area contributed by atoms with Gasteiger partial charge in [0, 0.05) is 13.0 Å². The lowest BCUT2D eigenvalue weighted by molar-refractivity contribution is -0.395. The van der Waals surface area contributed by atoms with Crippen molar-refractivity contribution in [1.29, 1.82) is 0 Å². The largest absolute Gasteiger partial charge is 0.443 e. The highest BCUT2D eigenvalue weighted by molar-refractivity contribution is 5.84. The van der Waals surface area contributed by atoms with Crippen LogP contribution < -0.4 is 0 Å². The lowest BCUT2D eigenvalue weighted by Gasteiger charge is -2.30. The predicted octanol–water partition coefficient (Wildman–Crippen LogP) is 3.86. The number of hydrogen-bond donors (Lipinski definition) is 0. The summed E-state index contributed by atoms with van der Waals surface area (Å²) >= 11 is 0. The molecular formula is C18H26N4O5. The van der Waals surface area contributed by atoms with E-state index in [1.807, 2.05) is 6.08 Å². The molecule has 1 amide bonds. The number of allylic oxidation sites excluding steroid dienone is 1. The second-order valence-electron chi connectivity index (χ2n) is 7.77. The molecule has 1 atom stereocenters. The first-order chi connectivity index (χ1) is 12.8. The van der Waals surface area contributed by atoms with Crippen molar-refractivity contribution >= 4 is 17.6 Å². The Labute approximate surface area is 158 Å². The SMILES string of the molecule is CC(C)(C)OC(=O)N1CCCC=C1c1cnn(C2CCCCO2)c1[N+](=O)[O-]. The van der Waals surface area contributed by atoms with Crippen molar-refractivity contribution in [2.75, 3.05) is 13.2 Å². The van der Waals surface area contributed by atoms with Crippen LogP contribution in [0.3, 0.4) is 0 Å². The predicted molar refractivity (Wildman–Crippen MR) is 97.9 cm³/mol. The Bertz CT molecular complexity index is 743. The van der Waals surface area contributed by atoms with Crippen molar-refractivity contribution in [1.82, 2.24) is 14.7 Å². The molecule has 9 heteroatoms. The monoisotopic (exact) mass is 378 g/mol. The molecule has 9 nitrogen and oxygen atoms in total. The number of ether oxygens (including phenoxy) is 2. The van der Waals surface area contributed by atoms with Gasteiger partial charge < -0.3 is 19.6 Å². The first-order valence-electron chi connectivity index (χ1n) is 9.32. The summed E-state index contributed by atoms with van der Waals surface area (Å²) in [6.45, 7) is 6.38. The molecule has 0 N–H and O–H groups in total. The van der Waals surface area contributed by atoms with Crippen molar-refractivity contribution in [3.8, 4) is 0 Å². The van der Waals surface area contributed by atoms with Gasteiger partial charge in [0.1, 0.15) is 11.2 Å². The number of rotatable bonds is 3. The minimum Gasteiger partial charge on any atom is -0.443 e. The van der Waals surface area contributed by atoms with Crippen LogP contribution in [0.1, 0.15) is 64.7 Å². The molecule has 1 fully saturated rings. The standard InChI is InChI=1S/C18H26N4O5/c1-18(2,3)27-17(23)20-10-6-4-8-14(20)13-12-19-21(16(13)22(24)25)15-9-5-7-11-26-15/h8,12,15H,4-7,9-11H2,1-3H3. The zero-order valence-electron chi connectivity index (χ0n) is 16.0. The van der Waals surface area contributed by atoms with E-state index < -0.39 is 22.8 Å². The Kier molecular flexibility index (Phi) is 5.50. The van der Waals surface area contributed by atoms with E-state index in [4.69, 9.17) is 9.47 Å². The molecule has 2 aliphatic heterocycles. The van der Waals surface area contributed by atoms with Crippen LogP contribution in [0, 0.1) is 10.1 Å². The van der Waals surface area contributed by atoms with E-state index in [0.717, 1.165) is 25.7 Å². The molecule has 0 bridgehead atoms. The van der Waals surface area contributed by atoms with Gasteiger partial charge in [0.05, 0.1) is 18.5 Å². The maximum Gasteiger partial charge on any atom is 0.414 e. The lowest BCUT2D eigenvalue weighted by Crippen LogP contribution is -2.37. The first kappa shape index (κ1) is 19.3. The topological polar surface area (TPSA) is 99.7 Å². The number of carbonyl (C=O) groups is 1. The fourth-order valence-electron chi connectivity index (χ4n) is 3.33. The minimum atomic E-state index is -0.647. The highest BCUT2D eigenvalue weighted by atomic mass is 16.6.